The molecule has 0 radical (unpaired) electrons. The van der Waals surface area contributed by atoms with E-state index in [1.54, 1.807) is 0 Å². The Morgan fingerprint density at radius 1 is 1.14 bits per heavy atom. The largest absolute Gasteiger partial charge is 0.334 e. The van der Waals surface area contributed by atoms with Gasteiger partial charge in [0.05, 0.1) is 5.54 Å². The number of carbonyl (C=O) groups is 2. The van der Waals surface area contributed by atoms with Crippen LogP contribution in [-0.2, 0) is 10.3 Å². The molecule has 5 nitrogen and oxygen atoms in total. The van der Waals surface area contributed by atoms with Gasteiger partial charge in [0, 0.05) is 16.7 Å². The van der Waals surface area contributed by atoms with Crippen molar-refractivity contribution in [3.8, 4) is 0 Å². The van der Waals surface area contributed by atoms with E-state index in [1.165, 1.54) is 18.2 Å². The molecular weight excluding hydrogens is 393 g/mol. The van der Waals surface area contributed by atoms with Crippen LogP contribution in [0.3, 0.4) is 0 Å². The molecule has 0 aliphatic rings. The molecule has 0 aromatic heterocycles. The lowest BCUT2D eigenvalue weighted by atomic mass is 9.92. The average molecular weight is 416 g/mol. The zero-order valence-corrected chi connectivity index (χ0v) is 17.2. The van der Waals surface area contributed by atoms with Gasteiger partial charge in [-0.05, 0) is 56.2 Å². The number of nitrogens with one attached hydrogen (secondary N) is 3. The molecule has 7 heteroatoms. The van der Waals surface area contributed by atoms with Crippen molar-refractivity contribution in [1.82, 2.24) is 16.2 Å². The van der Waals surface area contributed by atoms with Gasteiger partial charge in [0.1, 0.15) is 5.82 Å². The highest BCUT2D eigenvalue weighted by Crippen LogP contribution is 2.23. The Hall–Kier alpha value is -3.12. The molecule has 0 bridgehead atoms. The highest BCUT2D eigenvalue weighted by molar-refractivity contribution is 6.30. The van der Waals surface area contributed by atoms with Crippen LogP contribution in [0, 0.1) is 5.82 Å². The Balaban J connectivity index is 1.93. The van der Waals surface area contributed by atoms with E-state index in [1.807, 2.05) is 45.0 Å². The van der Waals surface area contributed by atoms with Crippen LogP contribution < -0.4 is 16.2 Å². The first-order valence-electron chi connectivity index (χ1n) is 8.86. The van der Waals surface area contributed by atoms with E-state index in [9.17, 15) is 14.0 Å². The number of carbonyl (C=O) groups excluding carboxylic acids is 2. The van der Waals surface area contributed by atoms with E-state index in [2.05, 4.69) is 22.7 Å². The summed E-state index contributed by atoms with van der Waals surface area (Å²) in [6, 6.07) is 11.2. The van der Waals surface area contributed by atoms with Crippen LogP contribution in [0.15, 0.2) is 55.1 Å². The molecule has 0 atom stereocenters. The van der Waals surface area contributed by atoms with Crippen LogP contribution in [0.4, 0.5) is 9.18 Å². The van der Waals surface area contributed by atoms with Crippen LogP contribution in [0.2, 0.25) is 5.02 Å². The van der Waals surface area contributed by atoms with Crippen molar-refractivity contribution in [3.05, 3.63) is 82.6 Å². The van der Waals surface area contributed by atoms with Crippen LogP contribution >= 0.6 is 11.6 Å². The molecule has 0 unspecified atom stereocenters. The maximum absolute atomic E-state index is 13.7. The summed E-state index contributed by atoms with van der Waals surface area (Å²) in [5.74, 6) is -1.16. The summed E-state index contributed by atoms with van der Waals surface area (Å²) in [6.45, 7) is 9.52. The molecule has 0 aliphatic heterocycles. The third kappa shape index (κ3) is 6.47. The number of urea groups is 1. The standard InChI is InChI=1S/C22H23ClFN3O2/c1-14(2)16-6-5-7-17(12-16)22(3,4)25-21(29)27-26-20(28)11-9-15-8-10-18(23)13-19(15)24/h5-13H,1H2,2-4H3,(H,26,28)(H2,25,27,29)/b11-9+. The molecule has 0 saturated heterocycles. The Labute approximate surface area is 174 Å². The lowest BCUT2D eigenvalue weighted by Crippen LogP contribution is -2.52. The van der Waals surface area contributed by atoms with Gasteiger partial charge in [0.25, 0.3) is 5.91 Å². The van der Waals surface area contributed by atoms with Gasteiger partial charge in [-0.3, -0.25) is 10.2 Å². The van der Waals surface area contributed by atoms with Crippen molar-refractivity contribution < 1.29 is 14.0 Å². The van der Waals surface area contributed by atoms with Crippen LogP contribution in [0.5, 0.6) is 0 Å². The average Bonchev–Trinajstić information content (AvgIpc) is 2.65. The number of benzene rings is 2. The molecule has 3 N–H and O–H groups in total. The maximum atomic E-state index is 13.7. The Bertz CT molecular complexity index is 970. The Morgan fingerprint density at radius 3 is 2.52 bits per heavy atom. The summed E-state index contributed by atoms with van der Waals surface area (Å²) in [5.41, 5.74) is 6.80. The first-order chi connectivity index (χ1) is 13.6. The highest BCUT2D eigenvalue weighted by Gasteiger charge is 2.23. The van der Waals surface area contributed by atoms with Crippen LogP contribution in [0.25, 0.3) is 11.6 Å². The minimum atomic E-state index is -0.692. The molecule has 152 valence electrons. The number of hydrazine groups is 1. The fraction of sp³-hybridized carbons (Fsp3) is 0.182. The smallest absolute Gasteiger partial charge is 0.328 e. The van der Waals surface area contributed by atoms with Gasteiger partial charge >= 0.3 is 6.03 Å². The summed E-state index contributed by atoms with van der Waals surface area (Å²) in [7, 11) is 0. The van der Waals surface area contributed by atoms with Gasteiger partial charge in [0.15, 0.2) is 0 Å². The van der Waals surface area contributed by atoms with Gasteiger partial charge in [-0.15, -0.1) is 0 Å². The first-order valence-corrected chi connectivity index (χ1v) is 9.24. The normalized spacial score (nSPS) is 11.2. The second-order valence-electron chi connectivity index (χ2n) is 7.05. The molecule has 29 heavy (non-hydrogen) atoms. The van der Waals surface area contributed by atoms with Crippen molar-refractivity contribution in [2.24, 2.45) is 0 Å². The fourth-order valence-electron chi connectivity index (χ4n) is 2.52. The molecule has 2 rings (SSSR count). The van der Waals surface area contributed by atoms with Gasteiger partial charge in [-0.1, -0.05) is 48.0 Å². The SMILES string of the molecule is C=C(C)c1cccc(C(C)(C)NC(=O)NNC(=O)/C=C/c2ccc(Cl)cc2F)c1. The predicted molar refractivity (Wildman–Crippen MR) is 114 cm³/mol. The molecule has 3 amide bonds. The Morgan fingerprint density at radius 2 is 1.86 bits per heavy atom. The summed E-state index contributed by atoms with van der Waals surface area (Å²) in [4.78, 5) is 24.0. The second kappa shape index (κ2) is 9.39. The van der Waals surface area contributed by atoms with E-state index in [0.717, 1.165) is 28.8 Å². The first kappa shape index (κ1) is 22.2. The quantitative estimate of drug-likeness (QED) is 0.485. The third-order valence-electron chi connectivity index (χ3n) is 4.18. The van der Waals surface area contributed by atoms with E-state index >= 15 is 0 Å². The lowest BCUT2D eigenvalue weighted by Gasteiger charge is -2.27. The summed E-state index contributed by atoms with van der Waals surface area (Å²) in [5, 5.41) is 3.05. The van der Waals surface area contributed by atoms with Crippen molar-refractivity contribution in [2.45, 2.75) is 26.3 Å². The zero-order valence-electron chi connectivity index (χ0n) is 16.5. The molecule has 2 aromatic rings. The molecule has 0 saturated carbocycles. The molecular formula is C22H23ClFN3O2. The minimum Gasteiger partial charge on any atom is -0.328 e. The van der Waals surface area contributed by atoms with Crippen molar-refractivity contribution >= 4 is 35.2 Å². The number of amides is 3. The van der Waals surface area contributed by atoms with Crippen molar-refractivity contribution in [1.29, 1.82) is 0 Å². The molecule has 0 fully saturated rings. The lowest BCUT2D eigenvalue weighted by molar-refractivity contribution is -0.117. The molecule has 2 aromatic carbocycles. The highest BCUT2D eigenvalue weighted by atomic mass is 35.5. The van der Waals surface area contributed by atoms with Crippen molar-refractivity contribution in [2.75, 3.05) is 0 Å². The van der Waals surface area contributed by atoms with Crippen LogP contribution in [-0.4, -0.2) is 11.9 Å². The maximum Gasteiger partial charge on any atom is 0.334 e. The fourth-order valence-corrected chi connectivity index (χ4v) is 2.68. The van der Waals surface area contributed by atoms with Gasteiger partial charge in [-0.2, -0.15) is 0 Å². The van der Waals surface area contributed by atoms with E-state index in [-0.39, 0.29) is 10.6 Å². The van der Waals surface area contributed by atoms with Gasteiger partial charge in [0.2, 0.25) is 0 Å². The van der Waals surface area contributed by atoms with E-state index in [4.69, 9.17) is 11.6 Å². The number of allylic oxidation sites excluding steroid dienone is 1. The summed E-state index contributed by atoms with van der Waals surface area (Å²) in [6.07, 6.45) is 2.39. The van der Waals surface area contributed by atoms with Crippen molar-refractivity contribution in [3.63, 3.8) is 0 Å². The third-order valence-corrected chi connectivity index (χ3v) is 4.41. The molecule has 0 spiro atoms. The zero-order chi connectivity index (χ0) is 21.6. The number of halogens is 2. The minimum absolute atomic E-state index is 0.201. The summed E-state index contributed by atoms with van der Waals surface area (Å²) >= 11 is 5.68. The number of hydrogen-bond acceptors (Lipinski definition) is 2. The second-order valence-corrected chi connectivity index (χ2v) is 7.49. The topological polar surface area (TPSA) is 70.2 Å². The molecule has 0 heterocycles. The van der Waals surface area contributed by atoms with Crippen LogP contribution in [0.1, 0.15) is 37.5 Å². The Kier molecular flexibility index (Phi) is 7.18. The molecule has 0 aliphatic carbocycles. The predicted octanol–water partition coefficient (Wildman–Crippen LogP) is 4.79. The van der Waals surface area contributed by atoms with E-state index < -0.39 is 23.3 Å². The number of hydrogen-bond donors (Lipinski definition) is 3. The van der Waals surface area contributed by atoms with Gasteiger partial charge < -0.3 is 5.32 Å². The number of rotatable bonds is 5. The monoisotopic (exact) mass is 415 g/mol. The van der Waals surface area contributed by atoms with E-state index in [0.29, 0.717) is 0 Å². The summed E-state index contributed by atoms with van der Waals surface area (Å²) < 4.78 is 13.7. The van der Waals surface area contributed by atoms with Gasteiger partial charge in [-0.25, -0.2) is 14.6 Å².